The first kappa shape index (κ1) is 16.4. The third-order valence-corrected chi connectivity index (χ3v) is 6.53. The molecule has 0 amide bonds. The second kappa shape index (κ2) is 6.54. The van der Waals surface area contributed by atoms with Crippen molar-refractivity contribution in [3.8, 4) is 0 Å². The van der Waals surface area contributed by atoms with Crippen LogP contribution in [0, 0.1) is 4.77 Å². The van der Waals surface area contributed by atoms with Crippen LogP contribution in [-0.2, 0) is 16.6 Å². The lowest BCUT2D eigenvalue weighted by Gasteiger charge is -2.30. The molecule has 1 aliphatic rings. The van der Waals surface area contributed by atoms with Gasteiger partial charge in [0.25, 0.3) is 0 Å². The quantitative estimate of drug-likeness (QED) is 0.859. The van der Waals surface area contributed by atoms with Gasteiger partial charge in [-0.1, -0.05) is 18.2 Å². The molecule has 0 spiro atoms. The summed E-state index contributed by atoms with van der Waals surface area (Å²) in [5.41, 5.74) is 0. The molecule has 3 rings (SSSR count). The summed E-state index contributed by atoms with van der Waals surface area (Å²) in [7, 11) is -3.40. The van der Waals surface area contributed by atoms with Crippen LogP contribution in [0.25, 0.3) is 0 Å². The number of sulfonamides is 1. The van der Waals surface area contributed by atoms with Crippen molar-refractivity contribution in [3.63, 3.8) is 0 Å². The van der Waals surface area contributed by atoms with Crippen molar-refractivity contribution < 1.29 is 8.42 Å². The number of hydrogen-bond acceptors (Lipinski definition) is 4. The average molecular weight is 352 g/mol. The Morgan fingerprint density at radius 3 is 2.52 bits per heavy atom. The first-order chi connectivity index (χ1) is 11.0. The van der Waals surface area contributed by atoms with E-state index in [2.05, 4.69) is 10.2 Å². The Kier molecular flexibility index (Phi) is 4.65. The molecule has 0 radical (unpaired) electrons. The lowest BCUT2D eigenvalue weighted by Crippen LogP contribution is -2.38. The number of benzene rings is 1. The summed E-state index contributed by atoms with van der Waals surface area (Å²) in [5.74, 6) is 1.18. The van der Waals surface area contributed by atoms with E-state index in [1.807, 2.05) is 17.6 Å². The molecule has 2 aromatic rings. The van der Waals surface area contributed by atoms with Gasteiger partial charge in [0.2, 0.25) is 10.0 Å². The van der Waals surface area contributed by atoms with Crippen LogP contribution in [0.1, 0.15) is 31.5 Å². The van der Waals surface area contributed by atoms with Crippen LogP contribution in [0.5, 0.6) is 0 Å². The van der Waals surface area contributed by atoms with Gasteiger partial charge in [-0.15, -0.1) is 0 Å². The van der Waals surface area contributed by atoms with E-state index in [1.54, 1.807) is 28.6 Å². The summed E-state index contributed by atoms with van der Waals surface area (Å²) in [6, 6.07) is 8.60. The van der Waals surface area contributed by atoms with Gasteiger partial charge in [-0.25, -0.2) is 8.42 Å². The van der Waals surface area contributed by atoms with Crippen LogP contribution in [0.3, 0.4) is 0 Å². The molecular formula is C15H20N4O2S2. The van der Waals surface area contributed by atoms with Crippen molar-refractivity contribution in [1.82, 2.24) is 19.1 Å². The first-order valence-corrected chi connectivity index (χ1v) is 9.59. The zero-order valence-corrected chi connectivity index (χ0v) is 14.6. The van der Waals surface area contributed by atoms with Crippen LogP contribution in [0.4, 0.5) is 0 Å². The predicted molar refractivity (Wildman–Crippen MR) is 90.3 cm³/mol. The minimum Gasteiger partial charge on any atom is -0.304 e. The van der Waals surface area contributed by atoms with E-state index in [0.717, 1.165) is 25.2 Å². The third kappa shape index (κ3) is 3.11. The zero-order chi connectivity index (χ0) is 16.4. The van der Waals surface area contributed by atoms with Gasteiger partial charge in [0.15, 0.2) is 4.77 Å². The van der Waals surface area contributed by atoms with E-state index in [4.69, 9.17) is 12.2 Å². The van der Waals surface area contributed by atoms with Crippen molar-refractivity contribution in [1.29, 1.82) is 0 Å². The molecule has 1 aromatic carbocycles. The standard InChI is InChI=1S/C15H20N4O2S2/c1-2-19-14(16-17-15(19)22)12-8-10-18(11-9-12)23(20,21)13-6-4-3-5-7-13/h3-7,12H,2,8-11H2,1H3,(H,17,22). The number of rotatable bonds is 4. The van der Waals surface area contributed by atoms with Crippen LogP contribution < -0.4 is 0 Å². The molecule has 124 valence electrons. The van der Waals surface area contributed by atoms with Gasteiger partial charge in [0.1, 0.15) is 5.82 Å². The first-order valence-electron chi connectivity index (χ1n) is 7.74. The molecule has 8 heteroatoms. The van der Waals surface area contributed by atoms with Crippen LogP contribution in [0.2, 0.25) is 0 Å². The maximum atomic E-state index is 12.6. The Labute approximate surface area is 141 Å². The molecule has 0 unspecified atom stereocenters. The number of piperidine rings is 1. The van der Waals surface area contributed by atoms with E-state index >= 15 is 0 Å². The number of nitrogens with zero attached hydrogens (tertiary/aromatic N) is 3. The van der Waals surface area contributed by atoms with Crippen molar-refractivity contribution in [3.05, 3.63) is 40.9 Å². The average Bonchev–Trinajstić information content (AvgIpc) is 2.96. The number of aromatic amines is 1. The SMILES string of the molecule is CCn1c(C2CCN(S(=O)(=O)c3ccccc3)CC2)n[nH]c1=S. The van der Waals surface area contributed by atoms with Crippen molar-refractivity contribution in [2.45, 2.75) is 37.1 Å². The van der Waals surface area contributed by atoms with E-state index in [-0.39, 0.29) is 5.92 Å². The van der Waals surface area contributed by atoms with Gasteiger partial charge < -0.3 is 4.57 Å². The molecule has 1 aliphatic heterocycles. The summed E-state index contributed by atoms with van der Waals surface area (Å²) >= 11 is 5.23. The highest BCUT2D eigenvalue weighted by Gasteiger charge is 2.31. The highest BCUT2D eigenvalue weighted by Crippen LogP contribution is 2.29. The lowest BCUT2D eigenvalue weighted by molar-refractivity contribution is 0.309. The monoisotopic (exact) mass is 352 g/mol. The number of H-pyrrole nitrogens is 1. The minimum atomic E-state index is -3.40. The number of aromatic nitrogens is 3. The van der Waals surface area contributed by atoms with Gasteiger partial charge >= 0.3 is 0 Å². The summed E-state index contributed by atoms with van der Waals surface area (Å²) in [6.45, 7) is 3.81. The maximum Gasteiger partial charge on any atom is 0.243 e. The third-order valence-electron chi connectivity index (χ3n) is 4.30. The van der Waals surface area contributed by atoms with E-state index in [1.165, 1.54) is 0 Å². The Bertz CT molecular complexity index is 819. The second-order valence-electron chi connectivity index (χ2n) is 5.62. The Balaban J connectivity index is 1.75. The Morgan fingerprint density at radius 2 is 1.91 bits per heavy atom. The van der Waals surface area contributed by atoms with Crippen LogP contribution in [0.15, 0.2) is 35.2 Å². The molecule has 1 saturated heterocycles. The molecule has 1 aromatic heterocycles. The molecule has 0 bridgehead atoms. The molecule has 23 heavy (non-hydrogen) atoms. The minimum absolute atomic E-state index is 0.241. The Morgan fingerprint density at radius 1 is 1.26 bits per heavy atom. The van der Waals surface area contributed by atoms with E-state index in [9.17, 15) is 8.42 Å². The summed E-state index contributed by atoms with van der Waals surface area (Å²) < 4.78 is 29.5. The topological polar surface area (TPSA) is 71.0 Å². The fourth-order valence-corrected chi connectivity index (χ4v) is 4.80. The van der Waals surface area contributed by atoms with E-state index in [0.29, 0.717) is 22.8 Å². The van der Waals surface area contributed by atoms with Gasteiger partial charge in [0.05, 0.1) is 4.90 Å². The number of hydrogen-bond donors (Lipinski definition) is 1. The van der Waals surface area contributed by atoms with Crippen molar-refractivity contribution in [2.24, 2.45) is 0 Å². The molecular weight excluding hydrogens is 332 g/mol. The summed E-state index contributed by atoms with van der Waals surface area (Å²) in [5, 5.41) is 7.17. The molecule has 0 saturated carbocycles. The van der Waals surface area contributed by atoms with Gasteiger partial charge in [-0.2, -0.15) is 9.40 Å². The maximum absolute atomic E-state index is 12.6. The van der Waals surface area contributed by atoms with Crippen molar-refractivity contribution >= 4 is 22.2 Å². The predicted octanol–water partition coefficient (Wildman–Crippen LogP) is 2.53. The highest BCUT2D eigenvalue weighted by molar-refractivity contribution is 7.89. The van der Waals surface area contributed by atoms with Crippen LogP contribution >= 0.6 is 12.2 Å². The Hall–Kier alpha value is -1.51. The summed E-state index contributed by atoms with van der Waals surface area (Å²) in [4.78, 5) is 0.356. The largest absolute Gasteiger partial charge is 0.304 e. The lowest BCUT2D eigenvalue weighted by atomic mass is 9.97. The highest BCUT2D eigenvalue weighted by atomic mass is 32.2. The molecule has 0 aliphatic carbocycles. The van der Waals surface area contributed by atoms with Crippen LogP contribution in [-0.4, -0.2) is 40.6 Å². The fraction of sp³-hybridized carbons (Fsp3) is 0.467. The second-order valence-corrected chi connectivity index (χ2v) is 7.95. The number of nitrogens with one attached hydrogen (secondary N) is 1. The smallest absolute Gasteiger partial charge is 0.243 e. The molecule has 6 nitrogen and oxygen atoms in total. The molecule has 1 N–H and O–H groups in total. The van der Waals surface area contributed by atoms with E-state index < -0.39 is 10.0 Å². The normalized spacial score (nSPS) is 17.4. The van der Waals surface area contributed by atoms with Crippen molar-refractivity contribution in [2.75, 3.05) is 13.1 Å². The molecule has 1 fully saturated rings. The summed E-state index contributed by atoms with van der Waals surface area (Å²) in [6.07, 6.45) is 1.51. The zero-order valence-electron chi connectivity index (χ0n) is 13.0. The fourth-order valence-electron chi connectivity index (χ4n) is 3.04. The van der Waals surface area contributed by atoms with Gasteiger partial charge in [-0.3, -0.25) is 5.10 Å². The van der Waals surface area contributed by atoms with Gasteiger partial charge in [0, 0.05) is 25.6 Å². The van der Waals surface area contributed by atoms with Gasteiger partial charge in [-0.05, 0) is 44.1 Å². The molecule has 0 atom stereocenters. The molecule has 2 heterocycles.